The summed E-state index contributed by atoms with van der Waals surface area (Å²) >= 11 is 0. The van der Waals surface area contributed by atoms with Crippen molar-refractivity contribution in [3.8, 4) is 0 Å². The van der Waals surface area contributed by atoms with Gasteiger partial charge in [0.1, 0.15) is 6.04 Å². The fraction of sp³-hybridized carbons (Fsp3) is 0.360. The Morgan fingerprint density at radius 1 is 1.00 bits per heavy atom. The van der Waals surface area contributed by atoms with Gasteiger partial charge in [-0.05, 0) is 36.4 Å². The summed E-state index contributed by atoms with van der Waals surface area (Å²) in [6, 6.07) is 13.9. The monoisotopic (exact) mass is 476 g/mol. The van der Waals surface area contributed by atoms with Crippen LogP contribution in [0.2, 0.25) is 0 Å². The Kier molecular flexibility index (Phi) is 6.47. The lowest BCUT2D eigenvalue weighted by Crippen LogP contribution is -2.42. The number of hydrogen-bond donors (Lipinski definition) is 2. The van der Waals surface area contributed by atoms with E-state index in [0.717, 1.165) is 30.7 Å². The summed E-state index contributed by atoms with van der Waals surface area (Å²) in [6.45, 7) is 5.73. The number of hydrogen-bond acceptors (Lipinski definition) is 6. The maximum atomic E-state index is 13.5. The lowest BCUT2D eigenvalue weighted by Gasteiger charge is -2.28. The molecule has 0 radical (unpaired) electrons. The summed E-state index contributed by atoms with van der Waals surface area (Å²) in [4.78, 5) is 46.3. The molecule has 2 aliphatic heterocycles. The fourth-order valence-corrected chi connectivity index (χ4v) is 4.60. The molecule has 0 bridgehead atoms. The average molecular weight is 477 g/mol. The minimum absolute atomic E-state index is 0.00626. The number of anilines is 3. The van der Waals surface area contributed by atoms with E-state index in [0.29, 0.717) is 37.1 Å². The van der Waals surface area contributed by atoms with Gasteiger partial charge in [-0.15, -0.1) is 0 Å². The standard InChI is InChI=1S/C25H28N6O4/c1-17(32)26-18-6-8-19(9-7-18)27-23(33)16-22-24(34)30(11-10-29-12-14-35-15-13-29)25-28-20-4-2-3-5-21(20)31(22)25/h2-9,22H,10-16H2,1H3,(H,26,32)(H,27,33)/t22-/m1/s1. The van der Waals surface area contributed by atoms with Crippen LogP contribution in [0.4, 0.5) is 17.3 Å². The largest absolute Gasteiger partial charge is 0.379 e. The van der Waals surface area contributed by atoms with Crippen LogP contribution in [-0.4, -0.2) is 71.6 Å². The lowest BCUT2D eigenvalue weighted by molar-refractivity contribution is -0.124. The molecule has 2 N–H and O–H groups in total. The third-order valence-electron chi connectivity index (χ3n) is 6.29. The van der Waals surface area contributed by atoms with Crippen LogP contribution in [0, 0.1) is 0 Å². The first-order valence-electron chi connectivity index (χ1n) is 11.8. The molecule has 0 aliphatic carbocycles. The summed E-state index contributed by atoms with van der Waals surface area (Å²) in [5.74, 6) is 0.0297. The highest BCUT2D eigenvalue weighted by Gasteiger charge is 2.40. The van der Waals surface area contributed by atoms with Crippen molar-refractivity contribution in [1.29, 1.82) is 0 Å². The molecular formula is C25H28N6O4. The fourth-order valence-electron chi connectivity index (χ4n) is 4.60. The number of para-hydroxylation sites is 2. The van der Waals surface area contributed by atoms with E-state index in [4.69, 9.17) is 9.72 Å². The molecule has 1 atom stereocenters. The van der Waals surface area contributed by atoms with E-state index in [2.05, 4.69) is 15.5 Å². The van der Waals surface area contributed by atoms with Crippen LogP contribution in [0.25, 0.3) is 11.0 Å². The lowest BCUT2D eigenvalue weighted by atomic mass is 10.1. The second-order valence-electron chi connectivity index (χ2n) is 8.74. The van der Waals surface area contributed by atoms with Gasteiger partial charge in [0.15, 0.2) is 0 Å². The van der Waals surface area contributed by atoms with Gasteiger partial charge in [0, 0.05) is 44.5 Å². The Balaban J connectivity index is 1.33. The predicted molar refractivity (Wildman–Crippen MR) is 132 cm³/mol. The zero-order valence-electron chi connectivity index (χ0n) is 19.6. The molecule has 10 nitrogen and oxygen atoms in total. The summed E-state index contributed by atoms with van der Waals surface area (Å²) < 4.78 is 7.31. The topological polar surface area (TPSA) is 109 Å². The van der Waals surface area contributed by atoms with Gasteiger partial charge in [-0.25, -0.2) is 4.98 Å². The van der Waals surface area contributed by atoms with Gasteiger partial charge in [0.25, 0.3) is 5.91 Å². The molecular weight excluding hydrogens is 448 g/mol. The summed E-state index contributed by atoms with van der Waals surface area (Å²) in [7, 11) is 0. The number of aromatic nitrogens is 2. The van der Waals surface area contributed by atoms with Crippen LogP contribution in [0.15, 0.2) is 48.5 Å². The van der Waals surface area contributed by atoms with Crippen LogP contribution in [-0.2, 0) is 19.1 Å². The van der Waals surface area contributed by atoms with E-state index < -0.39 is 6.04 Å². The van der Waals surface area contributed by atoms with Gasteiger partial charge in [0.05, 0.1) is 30.7 Å². The molecule has 0 spiro atoms. The highest BCUT2D eigenvalue weighted by molar-refractivity contribution is 6.05. The quantitative estimate of drug-likeness (QED) is 0.542. The molecule has 2 aromatic carbocycles. The third kappa shape index (κ3) is 4.89. The number of benzene rings is 2. The molecule has 2 aliphatic rings. The Hall–Kier alpha value is -3.76. The van der Waals surface area contributed by atoms with Gasteiger partial charge >= 0.3 is 0 Å². The van der Waals surface area contributed by atoms with E-state index in [1.165, 1.54) is 6.92 Å². The summed E-state index contributed by atoms with van der Waals surface area (Å²) in [5.41, 5.74) is 2.87. The molecule has 1 fully saturated rings. The van der Waals surface area contributed by atoms with Gasteiger partial charge in [-0.2, -0.15) is 0 Å². The zero-order chi connectivity index (χ0) is 24.4. The second kappa shape index (κ2) is 9.85. The van der Waals surface area contributed by atoms with Gasteiger partial charge in [0.2, 0.25) is 17.8 Å². The average Bonchev–Trinajstić information content (AvgIpc) is 3.34. The number of imidazole rings is 1. The number of nitrogens with zero attached hydrogens (tertiary/aromatic N) is 4. The summed E-state index contributed by atoms with van der Waals surface area (Å²) in [6.07, 6.45) is -0.00626. The number of amides is 3. The smallest absolute Gasteiger partial charge is 0.253 e. The maximum Gasteiger partial charge on any atom is 0.253 e. The van der Waals surface area contributed by atoms with E-state index in [1.54, 1.807) is 29.2 Å². The van der Waals surface area contributed by atoms with Crippen LogP contribution >= 0.6 is 0 Å². The molecule has 0 saturated carbocycles. The first-order valence-corrected chi connectivity index (χ1v) is 11.8. The number of ether oxygens (including phenoxy) is 1. The number of nitrogens with one attached hydrogen (secondary N) is 2. The van der Waals surface area contributed by atoms with E-state index in [1.807, 2.05) is 28.8 Å². The number of morpholine rings is 1. The predicted octanol–water partition coefficient (Wildman–Crippen LogP) is 2.24. The molecule has 5 rings (SSSR count). The molecule has 35 heavy (non-hydrogen) atoms. The van der Waals surface area contributed by atoms with E-state index in [-0.39, 0.29) is 24.1 Å². The number of rotatable bonds is 7. The van der Waals surface area contributed by atoms with Crippen LogP contribution < -0.4 is 15.5 Å². The van der Waals surface area contributed by atoms with Crippen molar-refractivity contribution in [2.75, 3.05) is 54.9 Å². The highest BCUT2D eigenvalue weighted by atomic mass is 16.5. The van der Waals surface area contributed by atoms with Crippen molar-refractivity contribution < 1.29 is 19.1 Å². The second-order valence-corrected chi connectivity index (χ2v) is 8.74. The molecule has 0 unspecified atom stereocenters. The minimum atomic E-state index is -0.666. The zero-order valence-corrected chi connectivity index (χ0v) is 19.6. The Labute approximate surface area is 202 Å². The molecule has 1 saturated heterocycles. The minimum Gasteiger partial charge on any atom is -0.379 e. The number of carbonyl (C=O) groups is 3. The Morgan fingerprint density at radius 3 is 2.40 bits per heavy atom. The van der Waals surface area contributed by atoms with Crippen molar-refractivity contribution in [3.05, 3.63) is 48.5 Å². The molecule has 3 aromatic rings. The summed E-state index contributed by atoms with van der Waals surface area (Å²) in [5, 5.41) is 5.55. The van der Waals surface area contributed by atoms with Crippen molar-refractivity contribution in [3.63, 3.8) is 0 Å². The molecule has 182 valence electrons. The highest BCUT2D eigenvalue weighted by Crippen LogP contribution is 2.36. The number of carbonyl (C=O) groups excluding carboxylic acids is 3. The first kappa shape index (κ1) is 23.0. The van der Waals surface area contributed by atoms with Crippen LogP contribution in [0.5, 0.6) is 0 Å². The first-order chi connectivity index (χ1) is 17.0. The van der Waals surface area contributed by atoms with Gasteiger partial charge < -0.3 is 15.4 Å². The van der Waals surface area contributed by atoms with Crippen LogP contribution in [0.1, 0.15) is 19.4 Å². The van der Waals surface area contributed by atoms with Gasteiger partial charge in [-0.1, -0.05) is 12.1 Å². The molecule has 3 heterocycles. The Bertz CT molecular complexity index is 1250. The van der Waals surface area contributed by atoms with Crippen molar-refractivity contribution in [2.45, 2.75) is 19.4 Å². The normalized spacial score (nSPS) is 18.0. The SMILES string of the molecule is CC(=O)Nc1ccc(NC(=O)C[C@@H]2C(=O)N(CCN3CCOCC3)c3nc4ccccc4n32)cc1. The van der Waals surface area contributed by atoms with Crippen molar-refractivity contribution >= 4 is 46.1 Å². The van der Waals surface area contributed by atoms with Crippen molar-refractivity contribution in [2.24, 2.45) is 0 Å². The third-order valence-corrected chi connectivity index (χ3v) is 6.29. The molecule has 3 amide bonds. The van der Waals surface area contributed by atoms with Crippen molar-refractivity contribution in [1.82, 2.24) is 14.5 Å². The van der Waals surface area contributed by atoms with E-state index in [9.17, 15) is 14.4 Å². The molecule has 10 heteroatoms. The Morgan fingerprint density at radius 2 is 1.69 bits per heavy atom. The maximum absolute atomic E-state index is 13.5. The van der Waals surface area contributed by atoms with Crippen LogP contribution in [0.3, 0.4) is 0 Å². The van der Waals surface area contributed by atoms with Gasteiger partial charge in [-0.3, -0.25) is 28.8 Å². The number of fused-ring (bicyclic) bond motifs is 3. The van der Waals surface area contributed by atoms with E-state index >= 15 is 0 Å². The molecule has 1 aromatic heterocycles.